The van der Waals surface area contributed by atoms with Gasteiger partial charge in [-0.25, -0.2) is 0 Å². The summed E-state index contributed by atoms with van der Waals surface area (Å²) in [4.78, 5) is 23.6. The highest BCUT2D eigenvalue weighted by Crippen LogP contribution is 2.16. The molecule has 0 aliphatic rings. The van der Waals surface area contributed by atoms with Crippen molar-refractivity contribution in [2.24, 2.45) is 7.05 Å². The van der Waals surface area contributed by atoms with Crippen LogP contribution in [0.5, 0.6) is 0 Å². The third-order valence-corrected chi connectivity index (χ3v) is 3.61. The maximum absolute atomic E-state index is 12.1. The van der Waals surface area contributed by atoms with Gasteiger partial charge in [0, 0.05) is 29.3 Å². The van der Waals surface area contributed by atoms with Crippen LogP contribution >= 0.6 is 15.9 Å². The number of rotatable bonds is 3. The average Bonchev–Trinajstić information content (AvgIpc) is 2.42. The van der Waals surface area contributed by atoms with Crippen LogP contribution in [0.3, 0.4) is 0 Å². The number of amides is 1. The second-order valence-corrected chi connectivity index (χ2v) is 5.53. The molecule has 1 N–H and O–H groups in total. The summed E-state index contributed by atoms with van der Waals surface area (Å²) in [6.07, 6.45) is 1.58. The maximum Gasteiger partial charge on any atom is 0.252 e. The van der Waals surface area contributed by atoms with E-state index in [0.717, 1.165) is 10.0 Å². The molecule has 0 bridgehead atoms. The van der Waals surface area contributed by atoms with E-state index in [2.05, 4.69) is 21.2 Å². The lowest BCUT2D eigenvalue weighted by molar-refractivity contribution is 0.0939. The minimum absolute atomic E-state index is 0.125. The molecular weight excluding hydrogens is 320 g/mol. The zero-order chi connectivity index (χ0) is 14.7. The summed E-state index contributed by atoms with van der Waals surface area (Å²) >= 11 is 3.37. The van der Waals surface area contributed by atoms with E-state index in [-0.39, 0.29) is 17.5 Å². The first-order valence-electron chi connectivity index (χ1n) is 6.20. The summed E-state index contributed by atoms with van der Waals surface area (Å²) < 4.78 is 2.42. The average molecular weight is 335 g/mol. The molecule has 1 amide bonds. The molecule has 1 aromatic heterocycles. The predicted molar refractivity (Wildman–Crippen MR) is 81.7 cm³/mol. The lowest BCUT2D eigenvalue weighted by Gasteiger charge is -2.14. The van der Waals surface area contributed by atoms with Gasteiger partial charge in [0.1, 0.15) is 0 Å². The van der Waals surface area contributed by atoms with Gasteiger partial charge in [0.25, 0.3) is 11.5 Å². The number of aryl methyl sites for hydroxylation is 1. The summed E-state index contributed by atoms with van der Waals surface area (Å²) in [7, 11) is 1.65. The van der Waals surface area contributed by atoms with Crippen molar-refractivity contribution in [1.29, 1.82) is 0 Å². The van der Waals surface area contributed by atoms with Gasteiger partial charge in [-0.05, 0) is 30.7 Å². The number of pyridine rings is 1. The summed E-state index contributed by atoms with van der Waals surface area (Å²) in [5, 5.41) is 2.88. The van der Waals surface area contributed by atoms with E-state index in [1.54, 1.807) is 19.3 Å². The second kappa shape index (κ2) is 6.05. The molecule has 20 heavy (non-hydrogen) atoms. The normalized spacial score (nSPS) is 11.9. The first-order valence-corrected chi connectivity index (χ1v) is 6.99. The van der Waals surface area contributed by atoms with Crippen LogP contribution in [-0.2, 0) is 7.05 Å². The van der Waals surface area contributed by atoms with Crippen molar-refractivity contribution in [1.82, 2.24) is 9.88 Å². The molecule has 104 valence electrons. The van der Waals surface area contributed by atoms with E-state index in [1.807, 2.05) is 31.2 Å². The van der Waals surface area contributed by atoms with Crippen LogP contribution in [0, 0.1) is 0 Å². The molecule has 1 aromatic carbocycles. The van der Waals surface area contributed by atoms with Gasteiger partial charge in [-0.3, -0.25) is 9.59 Å². The maximum atomic E-state index is 12.1. The van der Waals surface area contributed by atoms with E-state index in [4.69, 9.17) is 0 Å². The number of hydrogen-bond donors (Lipinski definition) is 1. The fourth-order valence-electron chi connectivity index (χ4n) is 1.80. The van der Waals surface area contributed by atoms with E-state index in [0.29, 0.717) is 5.56 Å². The SMILES string of the molecule is CC(NC(=O)c1ccn(C)c(=O)c1)c1ccc(Br)cc1. The largest absolute Gasteiger partial charge is 0.346 e. The van der Waals surface area contributed by atoms with E-state index < -0.39 is 0 Å². The highest BCUT2D eigenvalue weighted by atomic mass is 79.9. The minimum Gasteiger partial charge on any atom is -0.346 e. The molecular formula is C15H15BrN2O2. The zero-order valence-corrected chi connectivity index (χ0v) is 12.8. The zero-order valence-electron chi connectivity index (χ0n) is 11.3. The van der Waals surface area contributed by atoms with Crippen LogP contribution in [0.25, 0.3) is 0 Å². The van der Waals surface area contributed by atoms with E-state index in [9.17, 15) is 9.59 Å². The van der Waals surface area contributed by atoms with Crippen molar-refractivity contribution in [3.8, 4) is 0 Å². The molecule has 0 saturated heterocycles. The predicted octanol–water partition coefficient (Wildman–Crippen LogP) is 2.64. The highest BCUT2D eigenvalue weighted by Gasteiger charge is 2.12. The van der Waals surface area contributed by atoms with Gasteiger partial charge in [0.2, 0.25) is 0 Å². The lowest BCUT2D eigenvalue weighted by atomic mass is 10.1. The van der Waals surface area contributed by atoms with Crippen molar-refractivity contribution in [2.45, 2.75) is 13.0 Å². The third kappa shape index (κ3) is 3.36. The summed E-state index contributed by atoms with van der Waals surface area (Å²) in [5.74, 6) is -0.252. The molecule has 5 heteroatoms. The Hall–Kier alpha value is -1.88. The third-order valence-electron chi connectivity index (χ3n) is 3.08. The Morgan fingerprint density at radius 1 is 1.25 bits per heavy atom. The summed E-state index contributed by atoms with van der Waals surface area (Å²) in [6, 6.07) is 10.6. The van der Waals surface area contributed by atoms with Crippen LogP contribution in [0.15, 0.2) is 51.9 Å². The van der Waals surface area contributed by atoms with Crippen LogP contribution in [-0.4, -0.2) is 10.5 Å². The fourth-order valence-corrected chi connectivity index (χ4v) is 2.07. The van der Waals surface area contributed by atoms with E-state index >= 15 is 0 Å². The molecule has 2 rings (SSSR count). The van der Waals surface area contributed by atoms with Crippen LogP contribution < -0.4 is 10.9 Å². The number of nitrogens with one attached hydrogen (secondary N) is 1. The molecule has 0 fully saturated rings. The Bertz CT molecular complexity index is 677. The van der Waals surface area contributed by atoms with Crippen LogP contribution in [0.1, 0.15) is 28.9 Å². The minimum atomic E-state index is -0.252. The Morgan fingerprint density at radius 3 is 2.50 bits per heavy atom. The van der Waals surface area contributed by atoms with Crippen molar-refractivity contribution in [2.75, 3.05) is 0 Å². The Kier molecular flexibility index (Phi) is 4.39. The van der Waals surface area contributed by atoms with Gasteiger partial charge in [-0.15, -0.1) is 0 Å². The Morgan fingerprint density at radius 2 is 1.90 bits per heavy atom. The van der Waals surface area contributed by atoms with Gasteiger partial charge in [0.15, 0.2) is 0 Å². The van der Waals surface area contributed by atoms with Crippen molar-refractivity contribution < 1.29 is 4.79 Å². The highest BCUT2D eigenvalue weighted by molar-refractivity contribution is 9.10. The number of carbonyl (C=O) groups is 1. The smallest absolute Gasteiger partial charge is 0.252 e. The fraction of sp³-hybridized carbons (Fsp3) is 0.200. The topological polar surface area (TPSA) is 51.1 Å². The summed E-state index contributed by atoms with van der Waals surface area (Å²) in [5.41, 5.74) is 1.18. The van der Waals surface area contributed by atoms with Crippen LogP contribution in [0.4, 0.5) is 0 Å². The number of hydrogen-bond acceptors (Lipinski definition) is 2. The molecule has 1 unspecified atom stereocenters. The van der Waals surface area contributed by atoms with Gasteiger partial charge in [-0.2, -0.15) is 0 Å². The lowest BCUT2D eigenvalue weighted by Crippen LogP contribution is -2.28. The van der Waals surface area contributed by atoms with Gasteiger partial charge in [-0.1, -0.05) is 28.1 Å². The Balaban J connectivity index is 2.12. The number of aromatic nitrogens is 1. The van der Waals surface area contributed by atoms with Gasteiger partial charge < -0.3 is 9.88 Å². The number of halogens is 1. The molecule has 0 saturated carbocycles. The molecule has 1 atom stereocenters. The number of nitrogens with zero attached hydrogens (tertiary/aromatic N) is 1. The van der Waals surface area contributed by atoms with Crippen molar-refractivity contribution >= 4 is 21.8 Å². The van der Waals surface area contributed by atoms with Gasteiger partial charge >= 0.3 is 0 Å². The second-order valence-electron chi connectivity index (χ2n) is 4.61. The Labute approximate surface area is 125 Å². The molecule has 0 aliphatic heterocycles. The first-order chi connectivity index (χ1) is 9.47. The molecule has 0 radical (unpaired) electrons. The molecule has 0 spiro atoms. The summed E-state index contributed by atoms with van der Waals surface area (Å²) in [6.45, 7) is 1.90. The number of benzene rings is 1. The van der Waals surface area contributed by atoms with E-state index in [1.165, 1.54) is 10.6 Å². The van der Waals surface area contributed by atoms with Gasteiger partial charge in [0.05, 0.1) is 6.04 Å². The molecule has 2 aromatic rings. The molecule has 1 heterocycles. The quantitative estimate of drug-likeness (QED) is 0.938. The first kappa shape index (κ1) is 14.5. The monoisotopic (exact) mass is 334 g/mol. The standard InChI is InChI=1S/C15H15BrN2O2/c1-10(11-3-5-13(16)6-4-11)17-15(20)12-7-8-18(2)14(19)9-12/h3-10H,1-2H3,(H,17,20). The van der Waals surface area contributed by atoms with Crippen LogP contribution in [0.2, 0.25) is 0 Å². The number of carbonyl (C=O) groups excluding carboxylic acids is 1. The molecule has 4 nitrogen and oxygen atoms in total. The van der Waals surface area contributed by atoms with Crippen molar-refractivity contribution in [3.05, 3.63) is 68.5 Å². The molecule has 0 aliphatic carbocycles. The van der Waals surface area contributed by atoms with Crippen molar-refractivity contribution in [3.63, 3.8) is 0 Å².